The van der Waals surface area contributed by atoms with Gasteiger partial charge in [0.05, 0.1) is 17.3 Å². The number of methoxy groups -OCH3 is 1. The molecule has 2 aromatic rings. The van der Waals surface area contributed by atoms with Crippen LogP contribution in [0.1, 0.15) is 26.2 Å². The quantitative estimate of drug-likeness (QED) is 0.773. The summed E-state index contributed by atoms with van der Waals surface area (Å²) < 4.78 is 8.52. The summed E-state index contributed by atoms with van der Waals surface area (Å²) in [5.41, 5.74) is 1.11. The van der Waals surface area contributed by atoms with Crippen LogP contribution in [0, 0.1) is 0 Å². The van der Waals surface area contributed by atoms with Crippen molar-refractivity contribution < 1.29 is 9.53 Å². The number of unbranched alkanes of at least 4 members (excludes halogenated alkanes) is 1. The molecule has 1 amide bonds. The Morgan fingerprint density at radius 3 is 2.95 bits per heavy atom. The first-order valence-corrected chi connectivity index (χ1v) is 9.64. The molecular formula is C16H22N2O2S2. The van der Waals surface area contributed by atoms with Crippen LogP contribution >= 0.6 is 23.1 Å². The minimum absolute atomic E-state index is 0.0294. The Morgan fingerprint density at radius 2 is 2.27 bits per heavy atom. The summed E-state index contributed by atoms with van der Waals surface area (Å²) in [6, 6.07) is 6.00. The number of aryl methyl sites for hydroxylation is 1. The summed E-state index contributed by atoms with van der Waals surface area (Å²) in [4.78, 5) is 17.1. The lowest BCUT2D eigenvalue weighted by Gasteiger charge is -2.04. The molecule has 0 unspecified atom stereocenters. The Balaban J connectivity index is 2.45. The molecule has 0 saturated heterocycles. The molecule has 0 aliphatic heterocycles. The first kappa shape index (κ1) is 17.1. The molecule has 0 spiro atoms. The number of carbonyl (C=O) groups excluding carboxylic acids is 1. The number of thiazole rings is 1. The van der Waals surface area contributed by atoms with Gasteiger partial charge < -0.3 is 9.30 Å². The zero-order chi connectivity index (χ0) is 15.9. The van der Waals surface area contributed by atoms with E-state index in [0.717, 1.165) is 45.9 Å². The SMILES string of the molecule is CCCCC(=O)N=c1sc2cc(OC)ccc2n1CCSC. The smallest absolute Gasteiger partial charge is 0.248 e. The number of nitrogens with zero attached hydrogens (tertiary/aromatic N) is 2. The number of rotatable bonds is 7. The summed E-state index contributed by atoms with van der Waals surface area (Å²) in [6.07, 6.45) is 4.52. The van der Waals surface area contributed by atoms with Crippen molar-refractivity contribution in [1.82, 2.24) is 4.57 Å². The van der Waals surface area contributed by atoms with E-state index in [1.54, 1.807) is 30.2 Å². The third kappa shape index (κ3) is 4.14. The molecular weight excluding hydrogens is 316 g/mol. The van der Waals surface area contributed by atoms with Crippen LogP contribution in [0.3, 0.4) is 0 Å². The molecule has 0 saturated carbocycles. The van der Waals surface area contributed by atoms with Crippen molar-refractivity contribution >= 4 is 39.2 Å². The lowest BCUT2D eigenvalue weighted by atomic mass is 10.2. The van der Waals surface area contributed by atoms with Gasteiger partial charge in [0, 0.05) is 18.7 Å². The number of benzene rings is 1. The van der Waals surface area contributed by atoms with Crippen LogP contribution in [0.5, 0.6) is 5.75 Å². The number of amides is 1. The highest BCUT2D eigenvalue weighted by Gasteiger charge is 2.08. The van der Waals surface area contributed by atoms with Gasteiger partial charge in [0.2, 0.25) is 5.91 Å². The maximum absolute atomic E-state index is 12.0. The summed E-state index contributed by atoms with van der Waals surface area (Å²) >= 11 is 3.34. The largest absolute Gasteiger partial charge is 0.497 e. The molecule has 0 bridgehead atoms. The maximum atomic E-state index is 12.0. The van der Waals surface area contributed by atoms with E-state index in [-0.39, 0.29) is 5.91 Å². The molecule has 120 valence electrons. The van der Waals surface area contributed by atoms with Crippen LogP contribution in [0.15, 0.2) is 23.2 Å². The van der Waals surface area contributed by atoms with Crippen molar-refractivity contribution in [2.45, 2.75) is 32.7 Å². The van der Waals surface area contributed by atoms with Gasteiger partial charge in [-0.15, -0.1) is 0 Å². The summed E-state index contributed by atoms with van der Waals surface area (Å²) in [6.45, 7) is 2.94. The van der Waals surface area contributed by atoms with Gasteiger partial charge in [-0.2, -0.15) is 16.8 Å². The predicted molar refractivity (Wildman–Crippen MR) is 94.8 cm³/mol. The molecule has 6 heteroatoms. The molecule has 1 aromatic carbocycles. The molecule has 22 heavy (non-hydrogen) atoms. The molecule has 0 N–H and O–H groups in total. The van der Waals surface area contributed by atoms with E-state index in [0.29, 0.717) is 6.42 Å². The van der Waals surface area contributed by atoms with Crippen molar-refractivity contribution in [3.63, 3.8) is 0 Å². The summed E-state index contributed by atoms with van der Waals surface area (Å²) in [5, 5.41) is 0. The van der Waals surface area contributed by atoms with Crippen molar-refractivity contribution in [2.75, 3.05) is 19.1 Å². The van der Waals surface area contributed by atoms with E-state index in [1.165, 1.54) is 0 Å². The molecule has 0 fully saturated rings. The van der Waals surface area contributed by atoms with Crippen LogP contribution in [0.25, 0.3) is 10.2 Å². The van der Waals surface area contributed by atoms with Gasteiger partial charge in [0.15, 0.2) is 4.80 Å². The van der Waals surface area contributed by atoms with Gasteiger partial charge in [-0.1, -0.05) is 24.7 Å². The van der Waals surface area contributed by atoms with E-state index >= 15 is 0 Å². The normalized spacial score (nSPS) is 12.0. The number of carbonyl (C=O) groups is 1. The average Bonchev–Trinajstić information content (AvgIpc) is 2.86. The predicted octanol–water partition coefficient (Wildman–Crippen LogP) is 3.69. The minimum atomic E-state index is -0.0294. The lowest BCUT2D eigenvalue weighted by Crippen LogP contribution is -2.18. The summed E-state index contributed by atoms with van der Waals surface area (Å²) in [5.74, 6) is 1.79. The fourth-order valence-electron chi connectivity index (χ4n) is 2.16. The summed E-state index contributed by atoms with van der Waals surface area (Å²) in [7, 11) is 1.66. The van der Waals surface area contributed by atoms with Gasteiger partial charge in [0.1, 0.15) is 5.75 Å². The second-order valence-electron chi connectivity index (χ2n) is 4.97. The van der Waals surface area contributed by atoms with Crippen LogP contribution in [-0.4, -0.2) is 29.6 Å². The second kappa shape index (κ2) is 8.39. The lowest BCUT2D eigenvalue weighted by molar-refractivity contribution is -0.118. The Labute approximate surface area is 139 Å². The molecule has 0 radical (unpaired) electrons. The standard InChI is InChI=1S/C16H22N2O2S2/c1-4-5-6-15(19)17-16-18(9-10-21-3)13-8-7-12(20-2)11-14(13)22-16/h7-8,11H,4-6,9-10H2,1-3H3. The highest BCUT2D eigenvalue weighted by molar-refractivity contribution is 7.98. The van der Waals surface area contributed by atoms with Gasteiger partial charge in [-0.05, 0) is 30.9 Å². The van der Waals surface area contributed by atoms with Gasteiger partial charge in [-0.25, -0.2) is 0 Å². The van der Waals surface area contributed by atoms with E-state index in [4.69, 9.17) is 4.74 Å². The Morgan fingerprint density at radius 1 is 1.45 bits per heavy atom. The molecule has 0 atom stereocenters. The van der Waals surface area contributed by atoms with Gasteiger partial charge in [-0.3, -0.25) is 4.79 Å². The zero-order valence-electron chi connectivity index (χ0n) is 13.3. The number of fused-ring (bicyclic) bond motifs is 1. The van der Waals surface area contributed by atoms with Gasteiger partial charge in [0.25, 0.3) is 0 Å². The highest BCUT2D eigenvalue weighted by Crippen LogP contribution is 2.23. The van der Waals surface area contributed by atoms with E-state index < -0.39 is 0 Å². The van der Waals surface area contributed by atoms with Crippen molar-refractivity contribution in [2.24, 2.45) is 4.99 Å². The fraction of sp³-hybridized carbons (Fsp3) is 0.500. The molecule has 1 aromatic heterocycles. The van der Waals surface area contributed by atoms with Crippen molar-refractivity contribution in [3.8, 4) is 5.75 Å². The molecule has 1 heterocycles. The van der Waals surface area contributed by atoms with Gasteiger partial charge >= 0.3 is 0 Å². The number of aromatic nitrogens is 1. The molecule has 4 nitrogen and oxygen atoms in total. The van der Waals surface area contributed by atoms with Crippen molar-refractivity contribution in [3.05, 3.63) is 23.0 Å². The van der Waals surface area contributed by atoms with E-state index in [9.17, 15) is 4.79 Å². The van der Waals surface area contributed by atoms with Crippen LogP contribution < -0.4 is 9.54 Å². The Kier molecular flexibility index (Phi) is 6.51. The monoisotopic (exact) mass is 338 g/mol. The number of thioether (sulfide) groups is 1. The number of hydrogen-bond acceptors (Lipinski definition) is 4. The van der Waals surface area contributed by atoms with Crippen LogP contribution in [0.4, 0.5) is 0 Å². The second-order valence-corrected chi connectivity index (χ2v) is 6.97. The van der Waals surface area contributed by atoms with Crippen molar-refractivity contribution in [1.29, 1.82) is 0 Å². The van der Waals surface area contributed by atoms with Crippen LogP contribution in [-0.2, 0) is 11.3 Å². The highest BCUT2D eigenvalue weighted by atomic mass is 32.2. The molecule has 0 aliphatic carbocycles. The molecule has 0 aliphatic rings. The van der Waals surface area contributed by atoms with Crippen LogP contribution in [0.2, 0.25) is 0 Å². The first-order chi connectivity index (χ1) is 10.7. The average molecular weight is 338 g/mol. The Bertz CT molecular complexity index is 704. The maximum Gasteiger partial charge on any atom is 0.248 e. The van der Waals surface area contributed by atoms with E-state index in [1.807, 2.05) is 18.2 Å². The zero-order valence-corrected chi connectivity index (χ0v) is 14.9. The fourth-order valence-corrected chi connectivity index (χ4v) is 3.62. The molecule has 2 rings (SSSR count). The third-order valence-electron chi connectivity index (χ3n) is 3.37. The first-order valence-electron chi connectivity index (χ1n) is 7.43. The Hall–Kier alpha value is -1.27. The minimum Gasteiger partial charge on any atom is -0.497 e. The number of hydrogen-bond donors (Lipinski definition) is 0. The number of ether oxygens (including phenoxy) is 1. The topological polar surface area (TPSA) is 43.6 Å². The van der Waals surface area contributed by atoms with E-state index in [2.05, 4.69) is 22.7 Å². The third-order valence-corrected chi connectivity index (χ3v) is 5.01.